The maximum absolute atomic E-state index is 13.7. The predicted molar refractivity (Wildman–Crippen MR) is 88.5 cm³/mol. The molecule has 0 aromatic heterocycles. The molecule has 2 aliphatic rings. The van der Waals surface area contributed by atoms with Crippen LogP contribution in [0.5, 0.6) is 5.75 Å². The van der Waals surface area contributed by atoms with E-state index >= 15 is 0 Å². The van der Waals surface area contributed by atoms with Gasteiger partial charge in [-0.3, -0.25) is 9.69 Å². The van der Waals surface area contributed by atoms with E-state index in [0.717, 1.165) is 19.7 Å². The molecule has 2 fully saturated rings. The van der Waals surface area contributed by atoms with Crippen LogP contribution in [0, 0.1) is 5.82 Å². The van der Waals surface area contributed by atoms with Crippen LogP contribution < -0.4 is 10.1 Å². The number of hydrogen-bond donors (Lipinski definition) is 1. The number of nitrogens with one attached hydrogen (secondary N) is 1. The lowest BCUT2D eigenvalue weighted by Gasteiger charge is -2.35. The Kier molecular flexibility index (Phi) is 5.68. The van der Waals surface area contributed by atoms with Gasteiger partial charge in [0.1, 0.15) is 0 Å². The van der Waals surface area contributed by atoms with E-state index in [9.17, 15) is 9.18 Å². The van der Waals surface area contributed by atoms with Gasteiger partial charge in [-0.05, 0) is 37.9 Å². The number of amides is 1. The summed E-state index contributed by atoms with van der Waals surface area (Å²) < 4.78 is 25.0. The Hall–Kier alpha value is -1.66. The fraction of sp³-hybridized carbons (Fsp3) is 0.611. The van der Waals surface area contributed by atoms with Gasteiger partial charge >= 0.3 is 0 Å². The topological polar surface area (TPSA) is 50.8 Å². The average Bonchev–Trinajstić information content (AvgIpc) is 3.06. The van der Waals surface area contributed by atoms with E-state index in [-0.39, 0.29) is 17.8 Å². The van der Waals surface area contributed by atoms with Crippen LogP contribution in [0.25, 0.3) is 0 Å². The van der Waals surface area contributed by atoms with Crippen molar-refractivity contribution in [2.75, 3.05) is 26.2 Å². The molecule has 3 rings (SSSR count). The molecule has 1 amide bonds. The lowest BCUT2D eigenvalue weighted by atomic mass is 10.2. The van der Waals surface area contributed by atoms with Gasteiger partial charge in [0, 0.05) is 19.1 Å². The van der Waals surface area contributed by atoms with E-state index in [4.69, 9.17) is 9.47 Å². The highest BCUT2D eigenvalue weighted by Crippen LogP contribution is 2.22. The third-order valence-electron chi connectivity index (χ3n) is 4.73. The molecule has 2 aliphatic heterocycles. The number of halogens is 1. The molecule has 2 heterocycles. The number of ether oxygens (including phenoxy) is 2. The van der Waals surface area contributed by atoms with Crippen molar-refractivity contribution in [3.8, 4) is 5.75 Å². The van der Waals surface area contributed by atoms with Crippen LogP contribution in [0.3, 0.4) is 0 Å². The van der Waals surface area contributed by atoms with Gasteiger partial charge in [0.05, 0.1) is 12.7 Å². The van der Waals surface area contributed by atoms with E-state index in [1.54, 1.807) is 12.1 Å². The van der Waals surface area contributed by atoms with Crippen molar-refractivity contribution in [3.05, 3.63) is 30.1 Å². The van der Waals surface area contributed by atoms with Crippen LogP contribution in [0.4, 0.5) is 4.39 Å². The second-order valence-corrected chi connectivity index (χ2v) is 6.44. The first-order valence-corrected chi connectivity index (χ1v) is 8.72. The molecule has 1 N–H and O–H groups in total. The lowest BCUT2D eigenvalue weighted by molar-refractivity contribution is -0.129. The molecule has 0 saturated carbocycles. The highest BCUT2D eigenvalue weighted by atomic mass is 19.1. The summed E-state index contributed by atoms with van der Waals surface area (Å²) in [4.78, 5) is 14.8. The molecule has 0 bridgehead atoms. The number of hydrogen-bond acceptors (Lipinski definition) is 4. The van der Waals surface area contributed by atoms with Gasteiger partial charge in [0.25, 0.3) is 5.91 Å². The summed E-state index contributed by atoms with van der Waals surface area (Å²) in [5.74, 6) is -0.583. The van der Waals surface area contributed by atoms with Crippen LogP contribution in [0.15, 0.2) is 24.3 Å². The Morgan fingerprint density at radius 3 is 3.12 bits per heavy atom. The average molecular weight is 336 g/mol. The minimum Gasteiger partial charge on any atom is -0.478 e. The molecule has 6 heteroatoms. The molecular formula is C18H25FN2O3. The van der Waals surface area contributed by atoms with Gasteiger partial charge in [0.15, 0.2) is 17.7 Å². The van der Waals surface area contributed by atoms with E-state index in [2.05, 4.69) is 10.2 Å². The van der Waals surface area contributed by atoms with Gasteiger partial charge in [0.2, 0.25) is 0 Å². The third kappa shape index (κ3) is 4.05. The molecule has 2 saturated heterocycles. The molecular weight excluding hydrogens is 311 g/mol. The third-order valence-corrected chi connectivity index (χ3v) is 4.73. The van der Waals surface area contributed by atoms with Crippen LogP contribution in [-0.4, -0.2) is 55.3 Å². The summed E-state index contributed by atoms with van der Waals surface area (Å²) in [6, 6.07) is 6.68. The predicted octanol–water partition coefficient (Wildman–Crippen LogP) is 1.96. The van der Waals surface area contributed by atoms with E-state index in [1.807, 2.05) is 6.92 Å². The zero-order valence-electron chi connectivity index (χ0n) is 14.0. The monoisotopic (exact) mass is 336 g/mol. The second-order valence-electron chi connectivity index (χ2n) is 6.44. The van der Waals surface area contributed by atoms with Crippen molar-refractivity contribution in [1.82, 2.24) is 10.2 Å². The molecule has 1 aromatic carbocycles. The molecule has 0 unspecified atom stereocenters. The van der Waals surface area contributed by atoms with Crippen molar-refractivity contribution < 1.29 is 18.7 Å². The SMILES string of the molecule is CC[C@H](Oc1ccccc1F)C(=O)NC[C@H]1CN2CCC[C@@H]2CO1. The number of nitrogens with zero attached hydrogens (tertiary/aromatic N) is 1. The quantitative estimate of drug-likeness (QED) is 0.863. The van der Waals surface area contributed by atoms with Crippen LogP contribution in [-0.2, 0) is 9.53 Å². The number of para-hydroxylation sites is 1. The van der Waals surface area contributed by atoms with Crippen LogP contribution in [0.1, 0.15) is 26.2 Å². The van der Waals surface area contributed by atoms with Crippen molar-refractivity contribution in [1.29, 1.82) is 0 Å². The van der Waals surface area contributed by atoms with Gasteiger partial charge in [-0.2, -0.15) is 0 Å². The van der Waals surface area contributed by atoms with Crippen molar-refractivity contribution >= 4 is 5.91 Å². The minimum atomic E-state index is -0.704. The van der Waals surface area contributed by atoms with Crippen molar-refractivity contribution in [3.63, 3.8) is 0 Å². The highest BCUT2D eigenvalue weighted by Gasteiger charge is 2.32. The maximum atomic E-state index is 13.7. The second kappa shape index (κ2) is 7.94. The molecule has 0 spiro atoms. The fourth-order valence-corrected chi connectivity index (χ4v) is 3.35. The summed E-state index contributed by atoms with van der Waals surface area (Å²) in [7, 11) is 0. The zero-order valence-corrected chi connectivity index (χ0v) is 14.0. The number of fused-ring (bicyclic) bond motifs is 1. The van der Waals surface area contributed by atoms with Crippen LogP contribution in [0.2, 0.25) is 0 Å². The highest BCUT2D eigenvalue weighted by molar-refractivity contribution is 5.81. The molecule has 0 radical (unpaired) electrons. The molecule has 0 aliphatic carbocycles. The zero-order chi connectivity index (χ0) is 16.9. The summed E-state index contributed by atoms with van der Waals surface area (Å²) in [5, 5.41) is 2.88. The molecule has 5 nitrogen and oxygen atoms in total. The summed E-state index contributed by atoms with van der Waals surface area (Å²) in [6.45, 7) is 5.02. The normalized spacial score (nSPS) is 25.1. The smallest absolute Gasteiger partial charge is 0.261 e. The standard InChI is InChI=1S/C18H25FN2O3/c1-2-16(24-17-8-4-3-7-15(17)19)18(22)20-10-14-11-21-9-5-6-13(21)12-23-14/h3-4,7-8,13-14,16H,2,5-6,9-12H2,1H3,(H,20,22)/t13-,14+,16+/m1/s1. The van der Waals surface area contributed by atoms with Crippen LogP contribution >= 0.6 is 0 Å². The number of benzene rings is 1. The molecule has 3 atom stereocenters. The van der Waals surface area contributed by atoms with Gasteiger partial charge in [-0.15, -0.1) is 0 Å². The fourth-order valence-electron chi connectivity index (χ4n) is 3.35. The number of morpholine rings is 1. The first-order chi connectivity index (χ1) is 11.7. The largest absolute Gasteiger partial charge is 0.478 e. The van der Waals surface area contributed by atoms with Crippen molar-refractivity contribution in [2.45, 2.75) is 44.4 Å². The Labute approximate surface area is 142 Å². The number of rotatable bonds is 6. The number of carbonyl (C=O) groups is 1. The summed E-state index contributed by atoms with van der Waals surface area (Å²) in [5.41, 5.74) is 0. The summed E-state index contributed by atoms with van der Waals surface area (Å²) in [6.07, 6.45) is 2.20. The minimum absolute atomic E-state index is 0.00858. The van der Waals surface area contributed by atoms with E-state index < -0.39 is 11.9 Å². The Balaban J connectivity index is 1.49. The summed E-state index contributed by atoms with van der Waals surface area (Å²) >= 11 is 0. The lowest BCUT2D eigenvalue weighted by Crippen LogP contribution is -2.51. The first kappa shape index (κ1) is 17.2. The van der Waals surface area contributed by atoms with E-state index in [0.29, 0.717) is 19.0 Å². The van der Waals surface area contributed by atoms with Gasteiger partial charge < -0.3 is 14.8 Å². The van der Waals surface area contributed by atoms with Crippen molar-refractivity contribution in [2.24, 2.45) is 0 Å². The Morgan fingerprint density at radius 1 is 1.50 bits per heavy atom. The Bertz CT molecular complexity index is 569. The molecule has 1 aromatic rings. The van der Waals surface area contributed by atoms with Gasteiger partial charge in [-0.1, -0.05) is 19.1 Å². The Morgan fingerprint density at radius 2 is 2.33 bits per heavy atom. The number of carbonyl (C=O) groups excluding carboxylic acids is 1. The molecule has 132 valence electrons. The van der Waals surface area contributed by atoms with E-state index in [1.165, 1.54) is 25.0 Å². The van der Waals surface area contributed by atoms with Gasteiger partial charge in [-0.25, -0.2) is 4.39 Å². The first-order valence-electron chi connectivity index (χ1n) is 8.72. The molecule has 24 heavy (non-hydrogen) atoms. The maximum Gasteiger partial charge on any atom is 0.261 e.